The van der Waals surface area contributed by atoms with Gasteiger partial charge in [-0.3, -0.25) is 0 Å². The highest BCUT2D eigenvalue weighted by atomic mass is 35.5. The Kier molecular flexibility index (Phi) is 3.71. The van der Waals surface area contributed by atoms with Crippen LogP contribution in [0.15, 0.2) is 12.3 Å². The van der Waals surface area contributed by atoms with Crippen molar-refractivity contribution in [2.24, 2.45) is 0 Å². The summed E-state index contributed by atoms with van der Waals surface area (Å²) in [7, 11) is 3.36. The van der Waals surface area contributed by atoms with Crippen molar-refractivity contribution in [3.05, 3.63) is 17.3 Å². The van der Waals surface area contributed by atoms with Crippen molar-refractivity contribution in [1.29, 1.82) is 0 Å². The smallest absolute Gasteiger partial charge is 0.152 e. The Morgan fingerprint density at radius 2 is 1.94 bits per heavy atom. The van der Waals surface area contributed by atoms with Gasteiger partial charge in [-0.1, -0.05) is 11.6 Å². The molecule has 2 atom stereocenters. The minimum atomic E-state index is 0.0388. The SMILES string of the molecule is COC1CN(c2ncc(Cl)cc2N)CC1OC. The first kappa shape index (κ1) is 12.4. The maximum absolute atomic E-state index is 5.90. The molecule has 0 spiro atoms. The summed E-state index contributed by atoms with van der Waals surface area (Å²) in [5.41, 5.74) is 6.48. The van der Waals surface area contributed by atoms with Gasteiger partial charge in [-0.25, -0.2) is 4.98 Å². The third-order valence-corrected chi connectivity index (χ3v) is 3.19. The van der Waals surface area contributed by atoms with E-state index >= 15 is 0 Å². The van der Waals surface area contributed by atoms with Crippen molar-refractivity contribution in [3.63, 3.8) is 0 Å². The Balaban J connectivity index is 2.19. The molecule has 0 radical (unpaired) electrons. The van der Waals surface area contributed by atoms with Crippen LogP contribution >= 0.6 is 11.6 Å². The van der Waals surface area contributed by atoms with E-state index in [2.05, 4.69) is 4.98 Å². The molecule has 0 aromatic carbocycles. The van der Waals surface area contributed by atoms with Gasteiger partial charge in [-0.15, -0.1) is 0 Å². The van der Waals surface area contributed by atoms with Gasteiger partial charge in [-0.05, 0) is 6.07 Å². The van der Waals surface area contributed by atoms with E-state index in [0.29, 0.717) is 23.8 Å². The summed E-state index contributed by atoms with van der Waals surface area (Å²) in [6.07, 6.45) is 1.67. The van der Waals surface area contributed by atoms with Gasteiger partial charge >= 0.3 is 0 Å². The Morgan fingerprint density at radius 1 is 1.35 bits per heavy atom. The molecular weight excluding hydrogens is 242 g/mol. The summed E-state index contributed by atoms with van der Waals surface area (Å²) in [5, 5.41) is 0.539. The second kappa shape index (κ2) is 5.08. The van der Waals surface area contributed by atoms with Crippen LogP contribution in [0.4, 0.5) is 11.5 Å². The molecular formula is C11H16ClN3O2. The molecule has 1 aliphatic heterocycles. The lowest BCUT2D eigenvalue weighted by molar-refractivity contribution is -0.00461. The molecule has 1 aliphatic rings. The minimum Gasteiger partial charge on any atom is -0.396 e. The van der Waals surface area contributed by atoms with Crippen LogP contribution in [0.3, 0.4) is 0 Å². The highest BCUT2D eigenvalue weighted by Crippen LogP contribution is 2.28. The van der Waals surface area contributed by atoms with Gasteiger partial charge in [0.1, 0.15) is 12.2 Å². The first-order valence-corrected chi connectivity index (χ1v) is 5.75. The third-order valence-electron chi connectivity index (χ3n) is 2.98. The van der Waals surface area contributed by atoms with Crippen molar-refractivity contribution >= 4 is 23.1 Å². The zero-order valence-electron chi connectivity index (χ0n) is 9.89. The quantitative estimate of drug-likeness (QED) is 0.881. The fourth-order valence-electron chi connectivity index (χ4n) is 2.08. The summed E-state index contributed by atoms with van der Waals surface area (Å²) in [6, 6.07) is 1.70. The normalized spacial score (nSPS) is 24.3. The number of methoxy groups -OCH3 is 2. The summed E-state index contributed by atoms with van der Waals surface area (Å²) in [4.78, 5) is 6.30. The molecule has 0 amide bonds. The largest absolute Gasteiger partial charge is 0.396 e. The highest BCUT2D eigenvalue weighted by Gasteiger charge is 2.34. The predicted octanol–water partition coefficient (Wildman–Crippen LogP) is 1.17. The fraction of sp³-hybridized carbons (Fsp3) is 0.545. The molecule has 17 heavy (non-hydrogen) atoms. The zero-order chi connectivity index (χ0) is 12.4. The van der Waals surface area contributed by atoms with Crippen LogP contribution in [0.2, 0.25) is 5.02 Å². The number of aromatic nitrogens is 1. The first-order valence-electron chi connectivity index (χ1n) is 5.37. The maximum Gasteiger partial charge on any atom is 0.152 e. The molecule has 2 unspecified atom stereocenters. The minimum absolute atomic E-state index is 0.0388. The van der Waals surface area contributed by atoms with E-state index in [1.165, 1.54) is 0 Å². The predicted molar refractivity (Wildman–Crippen MR) is 67.5 cm³/mol. The molecule has 5 nitrogen and oxygen atoms in total. The average molecular weight is 258 g/mol. The first-order chi connectivity index (χ1) is 8.15. The van der Waals surface area contributed by atoms with Crippen molar-refractivity contribution < 1.29 is 9.47 Å². The number of nitrogens with zero attached hydrogens (tertiary/aromatic N) is 2. The Hall–Kier alpha value is -1.04. The lowest BCUT2D eigenvalue weighted by Gasteiger charge is -2.18. The van der Waals surface area contributed by atoms with Gasteiger partial charge in [0.25, 0.3) is 0 Å². The second-order valence-electron chi connectivity index (χ2n) is 4.02. The van der Waals surface area contributed by atoms with Crippen LogP contribution in [0.5, 0.6) is 0 Å². The number of hydrogen-bond acceptors (Lipinski definition) is 5. The van der Waals surface area contributed by atoms with Crippen molar-refractivity contribution in [3.8, 4) is 0 Å². The van der Waals surface area contributed by atoms with Gasteiger partial charge in [-0.2, -0.15) is 0 Å². The van der Waals surface area contributed by atoms with Crippen molar-refractivity contribution in [2.75, 3.05) is 37.9 Å². The number of halogens is 1. The van der Waals surface area contributed by atoms with Crippen molar-refractivity contribution in [1.82, 2.24) is 4.98 Å². The number of anilines is 2. The lowest BCUT2D eigenvalue weighted by Crippen LogP contribution is -2.27. The van der Waals surface area contributed by atoms with Gasteiger partial charge in [0.2, 0.25) is 0 Å². The summed E-state index contributed by atoms with van der Waals surface area (Å²) < 4.78 is 10.7. The van der Waals surface area contributed by atoms with Gasteiger partial charge in [0.15, 0.2) is 5.82 Å². The summed E-state index contributed by atoms with van der Waals surface area (Å²) in [6.45, 7) is 1.43. The monoisotopic (exact) mass is 257 g/mol. The Bertz CT molecular complexity index is 390. The number of rotatable bonds is 3. The molecule has 0 bridgehead atoms. The molecule has 0 aliphatic carbocycles. The van der Waals surface area contributed by atoms with Gasteiger partial charge in [0, 0.05) is 33.5 Å². The molecule has 1 aromatic rings. The van der Waals surface area contributed by atoms with E-state index in [0.717, 1.165) is 5.82 Å². The number of pyridine rings is 1. The zero-order valence-corrected chi connectivity index (χ0v) is 10.6. The van der Waals surface area contributed by atoms with Crippen LogP contribution < -0.4 is 10.6 Å². The van der Waals surface area contributed by atoms with Gasteiger partial charge < -0.3 is 20.1 Å². The number of ether oxygens (including phenoxy) is 2. The van der Waals surface area contributed by atoms with Crippen LogP contribution in [0.25, 0.3) is 0 Å². The molecule has 0 saturated carbocycles. The number of nitrogens with two attached hydrogens (primary N) is 1. The summed E-state index contributed by atoms with van der Waals surface area (Å²) in [5.74, 6) is 0.732. The number of nitrogen functional groups attached to an aromatic ring is 1. The van der Waals surface area contributed by atoms with Gasteiger partial charge in [0.05, 0.1) is 10.7 Å². The Morgan fingerprint density at radius 3 is 2.41 bits per heavy atom. The molecule has 1 fully saturated rings. The maximum atomic E-state index is 5.90. The van der Waals surface area contributed by atoms with E-state index in [1.807, 2.05) is 4.90 Å². The summed E-state index contributed by atoms with van der Waals surface area (Å²) >= 11 is 5.83. The topological polar surface area (TPSA) is 60.6 Å². The van der Waals surface area contributed by atoms with E-state index < -0.39 is 0 Å². The molecule has 1 aromatic heterocycles. The average Bonchev–Trinajstić information content (AvgIpc) is 2.72. The second-order valence-corrected chi connectivity index (χ2v) is 4.46. The highest BCUT2D eigenvalue weighted by molar-refractivity contribution is 6.30. The third kappa shape index (κ3) is 2.46. The molecule has 1 saturated heterocycles. The molecule has 94 valence electrons. The lowest BCUT2D eigenvalue weighted by atomic mass is 10.3. The Labute approximate surface area is 105 Å². The number of hydrogen-bond donors (Lipinski definition) is 1. The van der Waals surface area contributed by atoms with E-state index in [-0.39, 0.29) is 12.2 Å². The van der Waals surface area contributed by atoms with Crippen LogP contribution in [-0.2, 0) is 9.47 Å². The standard InChI is InChI=1S/C11H16ClN3O2/c1-16-9-5-15(6-10(9)17-2)11-8(13)3-7(12)4-14-11/h3-4,9-10H,5-6,13H2,1-2H3. The van der Waals surface area contributed by atoms with E-state index in [9.17, 15) is 0 Å². The van der Waals surface area contributed by atoms with Crippen molar-refractivity contribution in [2.45, 2.75) is 12.2 Å². The van der Waals surface area contributed by atoms with Crippen LogP contribution in [-0.4, -0.2) is 44.5 Å². The molecule has 6 heteroatoms. The fourth-order valence-corrected chi connectivity index (χ4v) is 2.25. The molecule has 2 N–H and O–H groups in total. The van der Waals surface area contributed by atoms with E-state index in [4.69, 9.17) is 26.8 Å². The molecule has 2 heterocycles. The van der Waals surface area contributed by atoms with Crippen LogP contribution in [0.1, 0.15) is 0 Å². The molecule has 2 rings (SSSR count). The van der Waals surface area contributed by atoms with Crippen LogP contribution in [0, 0.1) is 0 Å². The van der Waals surface area contributed by atoms with E-state index in [1.54, 1.807) is 26.5 Å².